The summed E-state index contributed by atoms with van der Waals surface area (Å²) >= 11 is 0. The van der Waals surface area contributed by atoms with Crippen LogP contribution >= 0.6 is 0 Å². The Labute approximate surface area is 93.2 Å². The van der Waals surface area contributed by atoms with Gasteiger partial charge in [0, 0.05) is 29.8 Å². The van der Waals surface area contributed by atoms with E-state index in [2.05, 4.69) is 4.98 Å². The van der Waals surface area contributed by atoms with Crippen molar-refractivity contribution in [1.82, 2.24) is 4.98 Å². The minimum Gasteiger partial charge on any atom is -0.467 e. The van der Waals surface area contributed by atoms with Crippen molar-refractivity contribution in [3.63, 3.8) is 0 Å². The second kappa shape index (κ2) is 4.37. The highest BCUT2D eigenvalue weighted by molar-refractivity contribution is 5.99. The molecule has 4 nitrogen and oxygen atoms in total. The quantitative estimate of drug-likeness (QED) is 0.634. The standard InChI is InChI=1S/C12H13NO3/c1-8(14)9-5-11-10(3-4-13-11)12(6-9)16-7-15-2/h3-6,13H,7H2,1-2H3. The lowest BCUT2D eigenvalue weighted by Crippen LogP contribution is -2.01. The van der Waals surface area contributed by atoms with E-state index in [1.165, 1.54) is 6.92 Å². The summed E-state index contributed by atoms with van der Waals surface area (Å²) in [6.07, 6.45) is 1.81. The third-order valence-electron chi connectivity index (χ3n) is 2.37. The molecule has 0 spiro atoms. The van der Waals surface area contributed by atoms with Crippen molar-refractivity contribution in [2.75, 3.05) is 13.9 Å². The number of ether oxygens (including phenoxy) is 2. The first-order valence-electron chi connectivity index (χ1n) is 4.96. The molecule has 0 radical (unpaired) electrons. The Morgan fingerprint density at radius 3 is 2.94 bits per heavy atom. The van der Waals surface area contributed by atoms with Gasteiger partial charge in [0.25, 0.3) is 0 Å². The molecule has 0 fully saturated rings. The molecule has 0 atom stereocenters. The van der Waals surface area contributed by atoms with E-state index in [0.29, 0.717) is 11.3 Å². The molecule has 0 saturated carbocycles. The second-order valence-corrected chi connectivity index (χ2v) is 3.52. The predicted octanol–water partition coefficient (Wildman–Crippen LogP) is 2.35. The van der Waals surface area contributed by atoms with Crippen LogP contribution in [0.5, 0.6) is 5.75 Å². The Hall–Kier alpha value is -1.81. The lowest BCUT2D eigenvalue weighted by atomic mass is 10.1. The van der Waals surface area contributed by atoms with Gasteiger partial charge < -0.3 is 14.5 Å². The summed E-state index contributed by atoms with van der Waals surface area (Å²) in [7, 11) is 1.56. The van der Waals surface area contributed by atoms with Crippen molar-refractivity contribution in [3.8, 4) is 5.75 Å². The van der Waals surface area contributed by atoms with E-state index in [-0.39, 0.29) is 12.6 Å². The van der Waals surface area contributed by atoms with Crippen molar-refractivity contribution >= 4 is 16.7 Å². The molecule has 1 N–H and O–H groups in total. The fraction of sp³-hybridized carbons (Fsp3) is 0.250. The van der Waals surface area contributed by atoms with Crippen LogP contribution in [0, 0.1) is 0 Å². The third-order valence-corrected chi connectivity index (χ3v) is 2.37. The van der Waals surface area contributed by atoms with Gasteiger partial charge in [-0.3, -0.25) is 4.79 Å². The summed E-state index contributed by atoms with van der Waals surface area (Å²) in [4.78, 5) is 14.4. The molecule has 0 aliphatic rings. The second-order valence-electron chi connectivity index (χ2n) is 3.52. The van der Waals surface area contributed by atoms with Crippen LogP contribution < -0.4 is 4.74 Å². The van der Waals surface area contributed by atoms with Gasteiger partial charge in [0.05, 0.1) is 0 Å². The molecule has 0 bridgehead atoms. The number of fused-ring (bicyclic) bond motifs is 1. The molecule has 0 aliphatic carbocycles. The van der Waals surface area contributed by atoms with Gasteiger partial charge in [-0.15, -0.1) is 0 Å². The molecule has 1 heterocycles. The minimum absolute atomic E-state index is 0.0127. The van der Waals surface area contributed by atoms with Gasteiger partial charge in [0.1, 0.15) is 5.75 Å². The Kier molecular flexibility index (Phi) is 2.92. The molecule has 0 amide bonds. The van der Waals surface area contributed by atoms with Crippen LogP contribution in [-0.2, 0) is 4.74 Å². The lowest BCUT2D eigenvalue weighted by molar-refractivity contribution is 0.0521. The Morgan fingerprint density at radius 1 is 1.44 bits per heavy atom. The number of Topliss-reactive ketones (excluding diaryl/α,β-unsaturated/α-hetero) is 1. The SMILES string of the molecule is COCOc1cc(C(C)=O)cc2[nH]ccc12. The smallest absolute Gasteiger partial charge is 0.188 e. The number of aromatic amines is 1. The Morgan fingerprint density at radius 2 is 2.25 bits per heavy atom. The molecule has 0 aliphatic heterocycles. The predicted molar refractivity (Wildman–Crippen MR) is 60.8 cm³/mol. The van der Waals surface area contributed by atoms with Crippen molar-refractivity contribution in [1.29, 1.82) is 0 Å². The number of rotatable bonds is 4. The number of carbonyl (C=O) groups excluding carboxylic acids is 1. The molecule has 1 aromatic carbocycles. The number of H-pyrrole nitrogens is 1. The molecule has 2 rings (SSSR count). The van der Waals surface area contributed by atoms with E-state index < -0.39 is 0 Å². The first-order valence-corrected chi connectivity index (χ1v) is 4.96. The Balaban J connectivity index is 2.50. The van der Waals surface area contributed by atoms with E-state index in [1.807, 2.05) is 18.3 Å². The van der Waals surface area contributed by atoms with Crippen molar-refractivity contribution in [2.24, 2.45) is 0 Å². The fourth-order valence-corrected chi connectivity index (χ4v) is 1.58. The van der Waals surface area contributed by atoms with Crippen LogP contribution in [0.4, 0.5) is 0 Å². The zero-order chi connectivity index (χ0) is 11.5. The number of carbonyl (C=O) groups is 1. The van der Waals surface area contributed by atoms with Crippen LogP contribution in [0.3, 0.4) is 0 Å². The highest BCUT2D eigenvalue weighted by atomic mass is 16.7. The van der Waals surface area contributed by atoms with E-state index in [4.69, 9.17) is 9.47 Å². The van der Waals surface area contributed by atoms with E-state index in [0.717, 1.165) is 10.9 Å². The van der Waals surface area contributed by atoms with E-state index in [1.54, 1.807) is 13.2 Å². The molecule has 84 valence electrons. The Bertz CT molecular complexity index is 516. The molecule has 2 aromatic rings. The van der Waals surface area contributed by atoms with Crippen LogP contribution in [0.25, 0.3) is 10.9 Å². The zero-order valence-corrected chi connectivity index (χ0v) is 9.24. The van der Waals surface area contributed by atoms with Gasteiger partial charge in [-0.2, -0.15) is 0 Å². The summed E-state index contributed by atoms with van der Waals surface area (Å²) in [5.74, 6) is 0.671. The summed E-state index contributed by atoms with van der Waals surface area (Å²) < 4.78 is 10.3. The normalized spacial score (nSPS) is 10.6. The average molecular weight is 219 g/mol. The monoisotopic (exact) mass is 219 g/mol. The highest BCUT2D eigenvalue weighted by Gasteiger charge is 2.08. The fourth-order valence-electron chi connectivity index (χ4n) is 1.58. The maximum absolute atomic E-state index is 11.3. The lowest BCUT2D eigenvalue weighted by Gasteiger charge is -2.07. The van der Waals surface area contributed by atoms with Crippen LogP contribution in [0.15, 0.2) is 24.4 Å². The van der Waals surface area contributed by atoms with E-state index in [9.17, 15) is 4.79 Å². The van der Waals surface area contributed by atoms with Gasteiger partial charge in [-0.25, -0.2) is 0 Å². The molecule has 0 unspecified atom stereocenters. The van der Waals surface area contributed by atoms with Crippen molar-refractivity contribution < 1.29 is 14.3 Å². The minimum atomic E-state index is 0.0127. The largest absolute Gasteiger partial charge is 0.467 e. The first kappa shape index (κ1) is 10.7. The first-order chi connectivity index (χ1) is 7.72. The van der Waals surface area contributed by atoms with Gasteiger partial charge in [0.15, 0.2) is 12.6 Å². The average Bonchev–Trinajstić information content (AvgIpc) is 2.73. The molecule has 16 heavy (non-hydrogen) atoms. The van der Waals surface area contributed by atoms with Crippen LogP contribution in [0.2, 0.25) is 0 Å². The zero-order valence-electron chi connectivity index (χ0n) is 9.24. The van der Waals surface area contributed by atoms with Crippen molar-refractivity contribution in [2.45, 2.75) is 6.92 Å². The third kappa shape index (κ3) is 1.92. The molecule has 1 aromatic heterocycles. The maximum Gasteiger partial charge on any atom is 0.188 e. The van der Waals surface area contributed by atoms with Crippen molar-refractivity contribution in [3.05, 3.63) is 30.0 Å². The van der Waals surface area contributed by atoms with E-state index >= 15 is 0 Å². The number of ketones is 1. The maximum atomic E-state index is 11.3. The summed E-state index contributed by atoms with van der Waals surface area (Å²) in [5, 5.41) is 0.946. The number of nitrogens with one attached hydrogen (secondary N) is 1. The molecular weight excluding hydrogens is 206 g/mol. The number of benzene rings is 1. The van der Waals surface area contributed by atoms with Crippen LogP contribution in [-0.4, -0.2) is 24.7 Å². The van der Waals surface area contributed by atoms with Gasteiger partial charge in [0.2, 0.25) is 0 Å². The number of hydrogen-bond acceptors (Lipinski definition) is 3. The number of hydrogen-bond donors (Lipinski definition) is 1. The van der Waals surface area contributed by atoms with Gasteiger partial charge in [-0.05, 0) is 25.1 Å². The van der Waals surface area contributed by atoms with Gasteiger partial charge in [-0.1, -0.05) is 0 Å². The number of methoxy groups -OCH3 is 1. The highest BCUT2D eigenvalue weighted by Crippen LogP contribution is 2.27. The summed E-state index contributed by atoms with van der Waals surface area (Å²) in [6, 6.07) is 5.46. The molecule has 4 heteroatoms. The number of aromatic nitrogens is 1. The summed E-state index contributed by atoms with van der Waals surface area (Å²) in [5.41, 5.74) is 1.51. The summed E-state index contributed by atoms with van der Waals surface area (Å²) in [6.45, 7) is 1.70. The van der Waals surface area contributed by atoms with Crippen LogP contribution in [0.1, 0.15) is 17.3 Å². The topological polar surface area (TPSA) is 51.3 Å². The molecule has 0 saturated heterocycles. The molecular formula is C12H13NO3. The van der Waals surface area contributed by atoms with Gasteiger partial charge >= 0.3 is 0 Å².